The molecule has 2 aliphatic carbocycles. The number of rotatable bonds is 7. The minimum absolute atomic E-state index is 0.0180. The van der Waals surface area contributed by atoms with Crippen LogP contribution in [0.15, 0.2) is 48.7 Å². The van der Waals surface area contributed by atoms with Gasteiger partial charge in [-0.15, -0.1) is 0 Å². The number of alkyl carbamates (subject to hydrolysis) is 1. The fraction of sp³-hybridized carbons (Fsp3) is 0.571. The Balaban J connectivity index is 1.17. The molecule has 3 N–H and O–H groups in total. The minimum Gasteiger partial charge on any atom is -0.472 e. The summed E-state index contributed by atoms with van der Waals surface area (Å²) in [6, 6.07) is 7.38. The van der Waals surface area contributed by atoms with Gasteiger partial charge < -0.3 is 29.7 Å². The van der Waals surface area contributed by atoms with E-state index in [0.717, 1.165) is 23.6 Å². The molecular formula is C35H43N5O9S. The second-order valence-electron chi connectivity index (χ2n) is 13.9. The average Bonchev–Trinajstić information content (AvgIpc) is 3.97. The molecular weight excluding hydrogens is 666 g/mol. The highest BCUT2D eigenvalue weighted by atomic mass is 32.2. The number of fused-ring (bicyclic) bond motifs is 3. The van der Waals surface area contributed by atoms with Crippen LogP contribution in [-0.2, 0) is 33.9 Å². The molecule has 0 spiro atoms. The average molecular weight is 710 g/mol. The van der Waals surface area contributed by atoms with Crippen molar-refractivity contribution in [1.29, 1.82) is 0 Å². The zero-order valence-corrected chi connectivity index (χ0v) is 28.6. The maximum absolute atomic E-state index is 14.4. The summed E-state index contributed by atoms with van der Waals surface area (Å²) in [7, 11) is -3.87. The second kappa shape index (κ2) is 14.2. The third-order valence-corrected chi connectivity index (χ3v) is 12.0. The zero-order valence-electron chi connectivity index (χ0n) is 27.8. The number of aromatic nitrogens is 1. The number of hydrogen-bond acceptors (Lipinski definition) is 10. The molecule has 2 saturated carbocycles. The number of sulfonamides is 1. The third-order valence-electron chi connectivity index (χ3n) is 10.2. The Morgan fingerprint density at radius 3 is 2.68 bits per heavy atom. The van der Waals surface area contributed by atoms with Gasteiger partial charge in [-0.3, -0.25) is 19.1 Å². The van der Waals surface area contributed by atoms with Crippen molar-refractivity contribution in [1.82, 2.24) is 25.2 Å². The Labute approximate surface area is 290 Å². The topological polar surface area (TPSA) is 182 Å². The zero-order chi connectivity index (χ0) is 34.9. The van der Waals surface area contributed by atoms with E-state index < -0.39 is 74.8 Å². The van der Waals surface area contributed by atoms with Crippen molar-refractivity contribution in [2.45, 2.75) is 99.3 Å². The predicted octanol–water partition coefficient (Wildman–Crippen LogP) is 2.47. The molecule has 5 aliphatic rings. The Hall–Kier alpha value is -4.24. The van der Waals surface area contributed by atoms with Gasteiger partial charge in [0.1, 0.15) is 29.8 Å². The molecule has 7 rings (SSSR count). The van der Waals surface area contributed by atoms with E-state index in [1.54, 1.807) is 6.20 Å². The van der Waals surface area contributed by atoms with Gasteiger partial charge in [-0.1, -0.05) is 43.2 Å². The van der Waals surface area contributed by atoms with Crippen LogP contribution >= 0.6 is 0 Å². The van der Waals surface area contributed by atoms with Crippen LogP contribution in [-0.4, -0.2) is 97.0 Å². The Bertz CT molecular complexity index is 1770. The maximum Gasteiger partial charge on any atom is 0.408 e. The van der Waals surface area contributed by atoms with Gasteiger partial charge in [-0.2, -0.15) is 0 Å². The highest BCUT2D eigenvalue weighted by Crippen LogP contribution is 2.46. The highest BCUT2D eigenvalue weighted by Gasteiger charge is 2.62. The SMILES string of the molecule is O=C(N[C@H]1CCCCC/C=C\[C@@H]2C[C@@]2(C(=O)NS(=O)(=O)C2CC2)NC(=O)[C@@H]2C[C@@H](Oc3nccc4ccccc34)CN2C1=O)O[C@H]1CCOC1. The van der Waals surface area contributed by atoms with E-state index in [4.69, 9.17) is 14.2 Å². The molecule has 6 atom stereocenters. The lowest BCUT2D eigenvalue weighted by Gasteiger charge is -2.30. The van der Waals surface area contributed by atoms with Gasteiger partial charge in [0, 0.05) is 30.3 Å². The summed E-state index contributed by atoms with van der Waals surface area (Å²) < 4.78 is 45.0. The first-order chi connectivity index (χ1) is 24.1. The fourth-order valence-electron chi connectivity index (χ4n) is 7.12. The van der Waals surface area contributed by atoms with Crippen LogP contribution in [0, 0.1) is 5.92 Å². The van der Waals surface area contributed by atoms with Crippen molar-refractivity contribution < 1.29 is 41.8 Å². The summed E-state index contributed by atoms with van der Waals surface area (Å²) in [4.78, 5) is 61.1. The van der Waals surface area contributed by atoms with Crippen LogP contribution in [0.2, 0.25) is 0 Å². The smallest absolute Gasteiger partial charge is 0.408 e. The molecule has 1 aromatic carbocycles. The maximum atomic E-state index is 14.4. The Kier molecular flexibility index (Phi) is 9.70. The van der Waals surface area contributed by atoms with Crippen LogP contribution in [0.1, 0.15) is 64.2 Å². The first-order valence-corrected chi connectivity index (χ1v) is 19.1. The molecule has 14 nitrogen and oxygen atoms in total. The monoisotopic (exact) mass is 709 g/mol. The number of carbonyl (C=O) groups excluding carboxylic acids is 4. The molecule has 0 unspecified atom stereocenters. The first kappa shape index (κ1) is 34.2. The van der Waals surface area contributed by atoms with E-state index in [1.807, 2.05) is 42.5 Å². The quantitative estimate of drug-likeness (QED) is 0.361. The summed E-state index contributed by atoms with van der Waals surface area (Å²) in [5.41, 5.74) is -1.48. The van der Waals surface area contributed by atoms with Gasteiger partial charge in [0.25, 0.3) is 5.91 Å². The van der Waals surface area contributed by atoms with Gasteiger partial charge in [-0.25, -0.2) is 18.2 Å². The number of allylic oxidation sites excluding steroid dienone is 1. The molecule has 268 valence electrons. The van der Waals surface area contributed by atoms with E-state index in [2.05, 4.69) is 20.3 Å². The minimum atomic E-state index is -3.87. The van der Waals surface area contributed by atoms with E-state index in [0.29, 0.717) is 51.0 Å². The van der Waals surface area contributed by atoms with Crippen molar-refractivity contribution in [2.75, 3.05) is 19.8 Å². The number of nitrogens with one attached hydrogen (secondary N) is 3. The normalized spacial score (nSPS) is 31.0. The summed E-state index contributed by atoms with van der Waals surface area (Å²) in [5, 5.41) is 6.69. The number of nitrogens with zero attached hydrogens (tertiary/aromatic N) is 2. The molecule has 0 bridgehead atoms. The lowest BCUT2D eigenvalue weighted by atomic mass is 10.0. The number of ether oxygens (including phenoxy) is 3. The second-order valence-corrected chi connectivity index (χ2v) is 15.9. The summed E-state index contributed by atoms with van der Waals surface area (Å²) in [5.74, 6) is -1.92. The molecule has 4 heterocycles. The molecule has 0 radical (unpaired) electrons. The number of benzene rings is 1. The highest BCUT2D eigenvalue weighted by molar-refractivity contribution is 7.91. The largest absolute Gasteiger partial charge is 0.472 e. The first-order valence-electron chi connectivity index (χ1n) is 17.5. The molecule has 2 saturated heterocycles. The molecule has 4 amide bonds. The van der Waals surface area contributed by atoms with Crippen LogP contribution in [0.25, 0.3) is 10.8 Å². The van der Waals surface area contributed by atoms with E-state index in [-0.39, 0.29) is 26.0 Å². The lowest BCUT2D eigenvalue weighted by Crippen LogP contribution is -2.58. The standard InChI is InChI=1S/C35H43N5O9S/c41-30-29-18-25(48-31-27-10-7-6-8-22(27)14-16-36-31)20-40(29)32(42)28(37-34(44)49-24-15-17-47-21-24)11-5-3-1-2-4-9-23-19-35(23,38-30)33(43)39-50(45,46)26-12-13-26/h4,6-10,14,16,23-26,28-29H,1-3,5,11-13,15,17-21H2,(H,37,44)(H,38,41)(H,39,43)/b9-4-/t23-,24+,25-,28+,29+,35-/m1/s1. The summed E-state index contributed by atoms with van der Waals surface area (Å²) >= 11 is 0. The van der Waals surface area contributed by atoms with Gasteiger partial charge in [-0.05, 0) is 56.0 Å². The van der Waals surface area contributed by atoms with Crippen molar-refractivity contribution in [3.63, 3.8) is 0 Å². The molecule has 2 aromatic rings. The number of amides is 4. The molecule has 3 aliphatic heterocycles. The molecule has 50 heavy (non-hydrogen) atoms. The number of hydrogen-bond donors (Lipinski definition) is 3. The van der Waals surface area contributed by atoms with Crippen LogP contribution in [0.4, 0.5) is 4.79 Å². The van der Waals surface area contributed by atoms with Crippen molar-refractivity contribution >= 4 is 44.6 Å². The van der Waals surface area contributed by atoms with Gasteiger partial charge >= 0.3 is 6.09 Å². The Morgan fingerprint density at radius 1 is 1.04 bits per heavy atom. The van der Waals surface area contributed by atoms with Crippen molar-refractivity contribution in [3.05, 3.63) is 48.7 Å². The van der Waals surface area contributed by atoms with Crippen molar-refractivity contribution in [2.24, 2.45) is 5.92 Å². The van der Waals surface area contributed by atoms with Gasteiger partial charge in [0.15, 0.2) is 0 Å². The van der Waals surface area contributed by atoms with Crippen LogP contribution in [0.3, 0.4) is 0 Å². The number of carbonyl (C=O) groups is 4. The van der Waals surface area contributed by atoms with E-state index >= 15 is 0 Å². The lowest BCUT2D eigenvalue weighted by molar-refractivity contribution is -0.141. The van der Waals surface area contributed by atoms with Crippen molar-refractivity contribution in [3.8, 4) is 5.88 Å². The Morgan fingerprint density at radius 2 is 1.88 bits per heavy atom. The summed E-state index contributed by atoms with van der Waals surface area (Å²) in [6.07, 6.45) is 8.72. The van der Waals surface area contributed by atoms with E-state index in [9.17, 15) is 27.6 Å². The van der Waals surface area contributed by atoms with E-state index in [1.165, 1.54) is 4.90 Å². The third kappa shape index (κ3) is 7.43. The fourth-order valence-corrected chi connectivity index (χ4v) is 8.49. The van der Waals surface area contributed by atoms with Gasteiger partial charge in [0.2, 0.25) is 27.7 Å². The molecule has 15 heteroatoms. The molecule has 1 aromatic heterocycles. The number of pyridine rings is 1. The van der Waals surface area contributed by atoms with Crippen LogP contribution in [0.5, 0.6) is 5.88 Å². The summed E-state index contributed by atoms with van der Waals surface area (Å²) in [6.45, 7) is 0.788. The molecule has 4 fully saturated rings. The van der Waals surface area contributed by atoms with Gasteiger partial charge in [0.05, 0.1) is 25.0 Å². The predicted molar refractivity (Wildman–Crippen MR) is 180 cm³/mol. The van der Waals surface area contributed by atoms with Crippen LogP contribution < -0.4 is 20.1 Å².